The third-order valence-corrected chi connectivity index (χ3v) is 2.33. The predicted molar refractivity (Wildman–Crippen MR) is 66.7 cm³/mol. The summed E-state index contributed by atoms with van der Waals surface area (Å²) >= 11 is 0. The minimum Gasteiger partial charge on any atom is -0.386 e. The molecule has 1 aromatic carbocycles. The van der Waals surface area contributed by atoms with Crippen LogP contribution in [0.3, 0.4) is 0 Å². The molecule has 0 fully saturated rings. The Hall–Kier alpha value is -1.50. The molecule has 0 radical (unpaired) electrons. The number of hydrogen-bond acceptors (Lipinski definition) is 1. The van der Waals surface area contributed by atoms with Crippen molar-refractivity contribution in [3.8, 4) is 0 Å². The fourth-order valence-electron chi connectivity index (χ4n) is 1.42. The van der Waals surface area contributed by atoms with Gasteiger partial charge in [0, 0.05) is 12.2 Å². The van der Waals surface area contributed by atoms with Crippen LogP contribution in [0.15, 0.2) is 55.3 Å². The van der Waals surface area contributed by atoms with Gasteiger partial charge in [0.25, 0.3) is 0 Å². The van der Waals surface area contributed by atoms with Crippen LogP contribution in [-0.2, 0) is 6.42 Å². The molecule has 1 aromatic rings. The Labute approximate surface area is 92.5 Å². The van der Waals surface area contributed by atoms with E-state index in [9.17, 15) is 0 Å². The monoisotopic (exact) mass is 201 g/mol. The van der Waals surface area contributed by atoms with Crippen molar-refractivity contribution in [3.63, 3.8) is 0 Å². The summed E-state index contributed by atoms with van der Waals surface area (Å²) in [5.41, 5.74) is 2.33. The van der Waals surface area contributed by atoms with E-state index in [1.54, 1.807) is 6.08 Å². The van der Waals surface area contributed by atoms with Crippen LogP contribution in [0, 0.1) is 0 Å². The van der Waals surface area contributed by atoms with Gasteiger partial charge in [0.15, 0.2) is 0 Å². The Kier molecular flexibility index (Phi) is 5.31. The van der Waals surface area contributed by atoms with Crippen molar-refractivity contribution in [2.45, 2.75) is 19.3 Å². The third-order valence-electron chi connectivity index (χ3n) is 2.33. The molecule has 15 heavy (non-hydrogen) atoms. The molecule has 0 amide bonds. The van der Waals surface area contributed by atoms with E-state index in [1.165, 1.54) is 18.4 Å². The van der Waals surface area contributed by atoms with Crippen LogP contribution in [0.4, 0.5) is 0 Å². The largest absolute Gasteiger partial charge is 0.386 e. The molecule has 1 nitrogen and oxygen atoms in total. The van der Waals surface area contributed by atoms with Crippen LogP contribution in [0.5, 0.6) is 0 Å². The van der Waals surface area contributed by atoms with Crippen molar-refractivity contribution >= 4 is 0 Å². The van der Waals surface area contributed by atoms with Crippen molar-refractivity contribution in [2.75, 3.05) is 6.54 Å². The maximum absolute atomic E-state index is 3.80. The lowest BCUT2D eigenvalue weighted by Crippen LogP contribution is -2.12. The highest BCUT2D eigenvalue weighted by atomic mass is 14.9. The molecule has 0 spiro atoms. The molecular formula is C14H19N. The molecular weight excluding hydrogens is 182 g/mol. The fraction of sp³-hybridized carbons (Fsp3) is 0.286. The van der Waals surface area contributed by atoms with Crippen LogP contribution >= 0.6 is 0 Å². The van der Waals surface area contributed by atoms with Crippen molar-refractivity contribution in [3.05, 3.63) is 60.8 Å². The molecule has 0 atom stereocenters. The van der Waals surface area contributed by atoms with Crippen LogP contribution in [0.2, 0.25) is 0 Å². The highest BCUT2D eigenvalue weighted by Crippen LogP contribution is 2.03. The van der Waals surface area contributed by atoms with Gasteiger partial charge in [0.1, 0.15) is 0 Å². The Morgan fingerprint density at radius 2 is 1.93 bits per heavy atom. The van der Waals surface area contributed by atoms with E-state index in [2.05, 4.69) is 48.8 Å². The second-order valence-corrected chi connectivity index (χ2v) is 3.60. The maximum Gasteiger partial charge on any atom is 0.0261 e. The second kappa shape index (κ2) is 6.88. The van der Waals surface area contributed by atoms with Crippen molar-refractivity contribution in [2.24, 2.45) is 0 Å². The molecule has 80 valence electrons. The van der Waals surface area contributed by atoms with Gasteiger partial charge >= 0.3 is 0 Å². The van der Waals surface area contributed by atoms with Crippen molar-refractivity contribution < 1.29 is 0 Å². The molecule has 0 saturated carbocycles. The first-order valence-electron chi connectivity index (χ1n) is 5.42. The average Bonchev–Trinajstić information content (AvgIpc) is 2.29. The molecule has 0 bridgehead atoms. The van der Waals surface area contributed by atoms with Crippen molar-refractivity contribution in [1.29, 1.82) is 0 Å². The zero-order valence-electron chi connectivity index (χ0n) is 9.21. The first-order chi connectivity index (χ1) is 7.33. The van der Waals surface area contributed by atoms with Gasteiger partial charge in [-0.2, -0.15) is 0 Å². The van der Waals surface area contributed by atoms with E-state index in [1.807, 2.05) is 0 Å². The number of allylic oxidation sites excluding steroid dienone is 1. The average molecular weight is 201 g/mol. The zero-order valence-corrected chi connectivity index (χ0v) is 9.21. The van der Waals surface area contributed by atoms with Crippen LogP contribution < -0.4 is 5.32 Å². The normalized spacial score (nSPS) is 9.60. The lowest BCUT2D eigenvalue weighted by atomic mass is 10.1. The molecule has 1 heteroatoms. The lowest BCUT2D eigenvalue weighted by Gasteiger charge is -2.05. The van der Waals surface area contributed by atoms with E-state index >= 15 is 0 Å². The Balaban J connectivity index is 2.07. The van der Waals surface area contributed by atoms with Crippen LogP contribution in [-0.4, -0.2) is 6.54 Å². The van der Waals surface area contributed by atoms with E-state index in [0.29, 0.717) is 0 Å². The van der Waals surface area contributed by atoms with E-state index in [4.69, 9.17) is 0 Å². The summed E-state index contributed by atoms with van der Waals surface area (Å²) < 4.78 is 0. The Morgan fingerprint density at radius 3 is 2.60 bits per heavy atom. The predicted octanol–water partition coefficient (Wildman–Crippen LogP) is 3.30. The summed E-state index contributed by atoms with van der Waals surface area (Å²) in [5.74, 6) is 0. The van der Waals surface area contributed by atoms with Crippen LogP contribution in [0.1, 0.15) is 18.4 Å². The summed E-state index contributed by atoms with van der Waals surface area (Å²) in [6, 6.07) is 10.6. The smallest absolute Gasteiger partial charge is 0.0261 e. The summed E-state index contributed by atoms with van der Waals surface area (Å²) in [6.07, 6.45) is 5.28. The van der Waals surface area contributed by atoms with Gasteiger partial charge in [0.05, 0.1) is 0 Å². The Bertz CT molecular complexity index is 300. The summed E-state index contributed by atoms with van der Waals surface area (Å²) in [5, 5.41) is 3.21. The van der Waals surface area contributed by atoms with Gasteiger partial charge < -0.3 is 5.32 Å². The molecule has 0 saturated heterocycles. The molecule has 0 aliphatic carbocycles. The Morgan fingerprint density at radius 1 is 1.20 bits per heavy atom. The van der Waals surface area contributed by atoms with Gasteiger partial charge in [-0.15, -0.1) is 0 Å². The summed E-state index contributed by atoms with van der Waals surface area (Å²) in [7, 11) is 0. The van der Waals surface area contributed by atoms with E-state index in [0.717, 1.165) is 18.7 Å². The van der Waals surface area contributed by atoms with Gasteiger partial charge in [0.2, 0.25) is 0 Å². The number of benzene rings is 1. The molecule has 0 aliphatic heterocycles. The van der Waals surface area contributed by atoms with Crippen molar-refractivity contribution in [1.82, 2.24) is 5.32 Å². The number of hydrogen-bond donors (Lipinski definition) is 1. The molecule has 0 aliphatic rings. The molecule has 0 aromatic heterocycles. The molecule has 0 unspecified atom stereocenters. The lowest BCUT2D eigenvalue weighted by molar-refractivity contribution is 0.685. The summed E-state index contributed by atoms with van der Waals surface area (Å²) in [4.78, 5) is 0. The number of unbranched alkanes of at least 4 members (excludes halogenated alkanes) is 1. The van der Waals surface area contributed by atoms with Crippen LogP contribution in [0.25, 0.3) is 0 Å². The SMILES string of the molecule is C=CC(=C)NCCCCc1ccccc1. The van der Waals surface area contributed by atoms with Gasteiger partial charge in [-0.3, -0.25) is 0 Å². The van der Waals surface area contributed by atoms with E-state index < -0.39 is 0 Å². The first kappa shape index (κ1) is 11.6. The molecule has 1 N–H and O–H groups in total. The van der Waals surface area contributed by atoms with Gasteiger partial charge in [-0.1, -0.05) is 43.5 Å². The molecule has 1 rings (SSSR count). The van der Waals surface area contributed by atoms with Gasteiger partial charge in [-0.05, 0) is 30.9 Å². The fourth-order valence-corrected chi connectivity index (χ4v) is 1.42. The van der Waals surface area contributed by atoms with Gasteiger partial charge in [-0.25, -0.2) is 0 Å². The second-order valence-electron chi connectivity index (χ2n) is 3.60. The standard InChI is InChI=1S/C14H19N/c1-3-13(2)15-12-8-7-11-14-9-5-4-6-10-14/h3-6,9-10,15H,1-2,7-8,11-12H2. The number of nitrogens with one attached hydrogen (secondary N) is 1. The minimum absolute atomic E-state index is 0.912. The summed E-state index contributed by atoms with van der Waals surface area (Å²) in [6.45, 7) is 8.43. The third kappa shape index (κ3) is 5.06. The maximum atomic E-state index is 3.80. The number of aryl methyl sites for hydroxylation is 1. The quantitative estimate of drug-likeness (QED) is 0.527. The highest BCUT2D eigenvalue weighted by molar-refractivity contribution is 5.14. The number of rotatable bonds is 7. The molecule has 0 heterocycles. The van der Waals surface area contributed by atoms with E-state index in [-0.39, 0.29) is 0 Å². The first-order valence-corrected chi connectivity index (χ1v) is 5.42. The minimum atomic E-state index is 0.912. The topological polar surface area (TPSA) is 12.0 Å². The zero-order chi connectivity index (χ0) is 10.9. The highest BCUT2D eigenvalue weighted by Gasteiger charge is 1.92.